The van der Waals surface area contributed by atoms with Gasteiger partial charge in [0.05, 0.1) is 12.3 Å². The highest BCUT2D eigenvalue weighted by molar-refractivity contribution is 7.80. The number of hydroxylamine groups is 2. The average Bonchev–Trinajstić information content (AvgIpc) is 3.24. The molecule has 2 heterocycles. The lowest BCUT2D eigenvalue weighted by molar-refractivity contribution is -0.125. The Labute approximate surface area is 255 Å². The zero-order valence-electron chi connectivity index (χ0n) is 23.5. The van der Waals surface area contributed by atoms with Crippen LogP contribution in [0.3, 0.4) is 0 Å². The number of primary amides is 1. The monoisotopic (exact) mass is 645 g/mol. The van der Waals surface area contributed by atoms with Gasteiger partial charge in [-0.15, -0.1) is 0 Å². The van der Waals surface area contributed by atoms with Crippen LogP contribution in [0.4, 0.5) is 4.79 Å². The summed E-state index contributed by atoms with van der Waals surface area (Å²) in [5, 5.41) is 20.4. The number of piperidine rings is 1. The van der Waals surface area contributed by atoms with Crippen LogP contribution in [0.15, 0.2) is 96.2 Å². The molecule has 0 aromatic heterocycles. The molecular formula is C28H32N5O9PS. The number of rotatable bonds is 7. The molecule has 6 N–H and O–H groups in total. The number of hydrogen-bond donors (Lipinski definition) is 5. The lowest BCUT2D eigenvalue weighted by atomic mass is 9.98. The number of carbonyl (C=O) groups excluding carboxylic acids is 3. The number of likely N-dealkylation sites (N-methyl/N-ethyl adjacent to an activating group) is 1. The van der Waals surface area contributed by atoms with E-state index in [0.29, 0.717) is 10.8 Å². The Balaban J connectivity index is 0.000000209. The Morgan fingerprint density at radius 3 is 1.77 bits per heavy atom. The number of nitrogens with zero attached hydrogens (tertiary/aromatic N) is 3. The van der Waals surface area contributed by atoms with Crippen LogP contribution in [-0.2, 0) is 24.8 Å². The van der Waals surface area contributed by atoms with Gasteiger partial charge in [-0.05, 0) is 23.8 Å². The van der Waals surface area contributed by atoms with Gasteiger partial charge >= 0.3 is 16.4 Å². The minimum absolute atomic E-state index is 0.0660. The molecule has 16 heteroatoms. The van der Waals surface area contributed by atoms with Crippen molar-refractivity contribution in [1.29, 1.82) is 0 Å². The molecule has 2 bridgehead atoms. The van der Waals surface area contributed by atoms with Gasteiger partial charge in [0, 0.05) is 13.5 Å². The van der Waals surface area contributed by atoms with Gasteiger partial charge in [0.1, 0.15) is 12.1 Å². The molecule has 2 fully saturated rings. The molecular weight excluding hydrogens is 613 g/mol. The molecule has 0 radical (unpaired) electrons. The summed E-state index contributed by atoms with van der Waals surface area (Å²) in [4.78, 5) is 40.1. The Kier molecular flexibility index (Phi) is 12.3. The van der Waals surface area contributed by atoms with E-state index in [4.69, 9.17) is 28.1 Å². The number of urea groups is 1. The Bertz CT molecular complexity index is 1450. The second kappa shape index (κ2) is 15.9. The molecule has 0 saturated carbocycles. The molecule has 0 aliphatic carbocycles. The van der Waals surface area contributed by atoms with Crippen molar-refractivity contribution in [3.63, 3.8) is 0 Å². The summed E-state index contributed by atoms with van der Waals surface area (Å²) in [5.41, 5.74) is 5.52. The van der Waals surface area contributed by atoms with E-state index in [2.05, 4.69) is 101 Å². The van der Waals surface area contributed by atoms with Gasteiger partial charge in [0.25, 0.3) is 5.91 Å². The number of benzene rings is 3. The third-order valence-corrected chi connectivity index (χ3v) is 8.74. The van der Waals surface area contributed by atoms with Crippen molar-refractivity contribution < 1.29 is 42.0 Å². The van der Waals surface area contributed by atoms with Gasteiger partial charge in [-0.2, -0.15) is 13.5 Å². The first kappa shape index (κ1) is 34.1. The molecule has 2 aliphatic rings. The van der Waals surface area contributed by atoms with Gasteiger partial charge in [-0.25, -0.2) is 4.79 Å². The van der Waals surface area contributed by atoms with E-state index >= 15 is 0 Å². The smallest absolute Gasteiger partial charge is 0.386 e. The van der Waals surface area contributed by atoms with Crippen molar-refractivity contribution in [2.45, 2.75) is 18.5 Å². The van der Waals surface area contributed by atoms with Crippen molar-refractivity contribution in [2.75, 3.05) is 20.2 Å². The highest BCUT2D eigenvalue weighted by Gasteiger charge is 2.50. The van der Waals surface area contributed by atoms with Gasteiger partial charge < -0.3 is 20.8 Å². The summed E-state index contributed by atoms with van der Waals surface area (Å²) in [6, 6.07) is 30.1. The third kappa shape index (κ3) is 9.82. The lowest BCUT2D eigenvalue weighted by Gasteiger charge is -2.28. The number of hydrogen-bond acceptors (Lipinski definition) is 8. The average molecular weight is 646 g/mol. The summed E-state index contributed by atoms with van der Waals surface area (Å²) < 4.78 is 31.6. The van der Waals surface area contributed by atoms with Gasteiger partial charge in [-0.3, -0.25) is 23.9 Å². The molecule has 3 aromatic rings. The predicted octanol–water partition coefficient (Wildman–Crippen LogP) is 0.650. The largest absolute Gasteiger partial charge is 0.394 e. The van der Waals surface area contributed by atoms with Crippen molar-refractivity contribution in [3.05, 3.63) is 91.0 Å². The Morgan fingerprint density at radius 2 is 1.39 bits per heavy atom. The fourth-order valence-electron chi connectivity index (χ4n) is 4.33. The van der Waals surface area contributed by atoms with Crippen molar-refractivity contribution in [2.24, 2.45) is 10.9 Å². The molecule has 2 aliphatic heterocycles. The van der Waals surface area contributed by atoms with E-state index in [1.54, 1.807) is 0 Å². The number of fused-ring (bicyclic) bond motifs is 2. The fourth-order valence-corrected chi connectivity index (χ4v) is 6.64. The quantitative estimate of drug-likeness (QED) is 0.105. The Morgan fingerprint density at radius 1 is 0.955 bits per heavy atom. The standard InChI is InChI=1S/C18H15P.C10H15N5O5.H2O4S/c1-4-10-16(11-5-1)19(17-12-6-2-7-13-17)18-14-8-3-9-15-18;1-12-8(16)4-20-13-5-2-6(9(11)17)14-3-7(5)15(19)10(14)18;1-5(2,3)4/h1-15H;6-7,19H,2-4H2,1H3,(H2,11,17)(H,12,16);(H2,1,2,3,4)/t;6-,7-;/m.0./s1. The van der Waals surface area contributed by atoms with E-state index < -0.39 is 42.3 Å². The molecule has 4 amide bonds. The first-order valence-corrected chi connectivity index (χ1v) is 15.8. The highest BCUT2D eigenvalue weighted by atomic mass is 32.3. The zero-order valence-corrected chi connectivity index (χ0v) is 25.2. The van der Waals surface area contributed by atoms with Crippen LogP contribution in [0.2, 0.25) is 0 Å². The van der Waals surface area contributed by atoms with E-state index in [1.807, 2.05) is 0 Å². The lowest BCUT2D eigenvalue weighted by Crippen LogP contribution is -2.51. The number of amides is 4. The van der Waals surface area contributed by atoms with Gasteiger partial charge in [0.15, 0.2) is 6.61 Å². The molecule has 44 heavy (non-hydrogen) atoms. The second-order valence-electron chi connectivity index (χ2n) is 9.24. The van der Waals surface area contributed by atoms with E-state index in [-0.39, 0.29) is 25.5 Å². The maximum Gasteiger partial charge on any atom is 0.394 e. The van der Waals surface area contributed by atoms with Crippen LogP contribution >= 0.6 is 7.92 Å². The maximum absolute atomic E-state index is 11.7. The molecule has 5 rings (SSSR count). The topological polar surface area (TPSA) is 212 Å². The van der Waals surface area contributed by atoms with Gasteiger partial charge in [-0.1, -0.05) is 96.2 Å². The van der Waals surface area contributed by atoms with E-state index in [9.17, 15) is 19.6 Å². The third-order valence-electron chi connectivity index (χ3n) is 6.30. The molecule has 0 unspecified atom stereocenters. The van der Waals surface area contributed by atoms with Crippen molar-refractivity contribution >= 4 is 57.8 Å². The summed E-state index contributed by atoms with van der Waals surface area (Å²) >= 11 is 0. The number of nitrogens with two attached hydrogens (primary N) is 1. The Hall–Kier alpha value is -4.40. The maximum atomic E-state index is 11.7. The molecule has 2 saturated heterocycles. The fraction of sp³-hybridized carbons (Fsp3) is 0.214. The normalized spacial score (nSPS) is 18.1. The molecule has 234 valence electrons. The van der Waals surface area contributed by atoms with Crippen LogP contribution in [0.1, 0.15) is 6.42 Å². The molecule has 3 aromatic carbocycles. The minimum atomic E-state index is -4.67. The van der Waals surface area contributed by atoms with Gasteiger partial charge in [0.2, 0.25) is 5.91 Å². The summed E-state index contributed by atoms with van der Waals surface area (Å²) in [5.74, 6) is -1.06. The second-order valence-corrected chi connectivity index (χ2v) is 12.4. The molecule has 2 atom stereocenters. The summed E-state index contributed by atoms with van der Waals surface area (Å²) in [6.07, 6.45) is 0.0660. The summed E-state index contributed by atoms with van der Waals surface area (Å²) in [6.45, 7) is -0.192. The highest BCUT2D eigenvalue weighted by Crippen LogP contribution is 2.32. The number of nitrogens with one attached hydrogen (secondary N) is 1. The predicted molar refractivity (Wildman–Crippen MR) is 164 cm³/mol. The van der Waals surface area contributed by atoms with Crippen LogP contribution in [0.5, 0.6) is 0 Å². The molecule has 14 nitrogen and oxygen atoms in total. The minimum Gasteiger partial charge on any atom is -0.386 e. The summed E-state index contributed by atoms with van der Waals surface area (Å²) in [7, 11) is -3.66. The SMILES string of the molecule is CNC(=O)CON=C1C[C@@H](C(N)=O)N2C[C@@H]1N(O)C2=O.O=S(=O)(O)O.c1ccc(P(c2ccccc2)c2ccccc2)cc1. The van der Waals surface area contributed by atoms with Crippen LogP contribution in [0, 0.1) is 0 Å². The van der Waals surface area contributed by atoms with Crippen molar-refractivity contribution in [1.82, 2.24) is 15.3 Å². The van der Waals surface area contributed by atoms with Crippen LogP contribution < -0.4 is 27.0 Å². The van der Waals surface area contributed by atoms with Crippen LogP contribution in [-0.4, -0.2) is 88.5 Å². The van der Waals surface area contributed by atoms with E-state index in [0.717, 1.165) is 0 Å². The van der Waals surface area contributed by atoms with Crippen LogP contribution in [0.25, 0.3) is 0 Å². The number of oxime groups is 1. The van der Waals surface area contributed by atoms with E-state index in [1.165, 1.54) is 27.9 Å². The first-order chi connectivity index (χ1) is 20.9. The zero-order chi connectivity index (χ0) is 32.3. The van der Waals surface area contributed by atoms with Crippen molar-refractivity contribution in [3.8, 4) is 0 Å². The molecule has 0 spiro atoms. The number of carbonyl (C=O) groups is 3. The first-order valence-electron chi connectivity index (χ1n) is 13.0.